The average Bonchev–Trinajstić information content (AvgIpc) is 3.32. The lowest BCUT2D eigenvalue weighted by molar-refractivity contribution is -0.118. The van der Waals surface area contributed by atoms with Gasteiger partial charge in [0.05, 0.1) is 12.0 Å². The number of carbonyl (C=O) groups excluding carboxylic acids is 1. The molecular weight excluding hydrogens is 414 g/mol. The summed E-state index contributed by atoms with van der Waals surface area (Å²) < 4.78 is 12.4. The van der Waals surface area contributed by atoms with Gasteiger partial charge in [0.25, 0.3) is 5.91 Å². The van der Waals surface area contributed by atoms with Crippen LogP contribution in [0.5, 0.6) is 11.5 Å². The van der Waals surface area contributed by atoms with Crippen LogP contribution in [0, 0.1) is 0 Å². The lowest BCUT2D eigenvalue weighted by atomic mass is 10.2. The maximum atomic E-state index is 12.1. The molecule has 0 atom stereocenters. The molecule has 1 aromatic heterocycles. The molecule has 1 amide bonds. The Kier molecular flexibility index (Phi) is 5.68. The predicted molar refractivity (Wildman–Crippen MR) is 110 cm³/mol. The van der Waals surface area contributed by atoms with Crippen LogP contribution >= 0.6 is 23.4 Å². The molecule has 8 nitrogen and oxygen atoms in total. The van der Waals surface area contributed by atoms with E-state index in [2.05, 4.69) is 20.7 Å². The molecule has 29 heavy (non-hydrogen) atoms. The molecule has 0 bridgehead atoms. The Labute approximate surface area is 175 Å². The molecule has 1 aliphatic heterocycles. The van der Waals surface area contributed by atoms with Gasteiger partial charge < -0.3 is 14.0 Å². The summed E-state index contributed by atoms with van der Waals surface area (Å²) in [7, 11) is 1.84. The average molecular weight is 430 g/mol. The highest BCUT2D eigenvalue weighted by Crippen LogP contribution is 2.32. The minimum atomic E-state index is -0.251. The molecule has 1 aliphatic rings. The molecule has 0 saturated heterocycles. The minimum Gasteiger partial charge on any atom is -0.454 e. The molecule has 0 saturated carbocycles. The Hall–Kier alpha value is -3.04. The largest absolute Gasteiger partial charge is 0.454 e. The van der Waals surface area contributed by atoms with Crippen LogP contribution < -0.4 is 14.9 Å². The summed E-state index contributed by atoms with van der Waals surface area (Å²) in [5, 5.41) is 13.5. The highest BCUT2D eigenvalue weighted by molar-refractivity contribution is 7.99. The summed E-state index contributed by atoms with van der Waals surface area (Å²) in [5.41, 5.74) is 4.15. The van der Waals surface area contributed by atoms with Crippen molar-refractivity contribution in [3.8, 4) is 22.9 Å². The van der Waals surface area contributed by atoms with Crippen LogP contribution in [-0.2, 0) is 11.8 Å². The number of benzene rings is 2. The van der Waals surface area contributed by atoms with E-state index in [0.29, 0.717) is 27.5 Å². The molecule has 0 radical (unpaired) electrons. The van der Waals surface area contributed by atoms with Gasteiger partial charge in [-0.25, -0.2) is 5.43 Å². The van der Waals surface area contributed by atoms with Crippen molar-refractivity contribution in [3.05, 3.63) is 53.1 Å². The van der Waals surface area contributed by atoms with Gasteiger partial charge in [-0.15, -0.1) is 10.2 Å². The van der Waals surface area contributed by atoms with Crippen LogP contribution in [0.4, 0.5) is 0 Å². The number of thioether (sulfide) groups is 1. The zero-order valence-corrected chi connectivity index (χ0v) is 16.9. The molecule has 2 heterocycles. The predicted octanol–water partition coefficient (Wildman–Crippen LogP) is 3.11. The fourth-order valence-electron chi connectivity index (χ4n) is 2.65. The van der Waals surface area contributed by atoms with Crippen LogP contribution in [0.2, 0.25) is 5.02 Å². The van der Waals surface area contributed by atoms with Gasteiger partial charge in [-0.05, 0) is 35.9 Å². The molecular formula is C19H16ClN5O3S. The van der Waals surface area contributed by atoms with Crippen molar-refractivity contribution in [2.45, 2.75) is 5.16 Å². The second-order valence-electron chi connectivity index (χ2n) is 6.07. The number of ether oxygens (including phenoxy) is 2. The Morgan fingerprint density at radius 3 is 3.00 bits per heavy atom. The number of fused-ring (bicyclic) bond motifs is 1. The van der Waals surface area contributed by atoms with Gasteiger partial charge in [0.1, 0.15) is 0 Å². The van der Waals surface area contributed by atoms with Crippen molar-refractivity contribution in [3.63, 3.8) is 0 Å². The number of hydrogen-bond acceptors (Lipinski definition) is 7. The highest BCUT2D eigenvalue weighted by atomic mass is 35.5. The van der Waals surface area contributed by atoms with Gasteiger partial charge in [0.15, 0.2) is 22.5 Å². The van der Waals surface area contributed by atoms with Gasteiger partial charge in [-0.2, -0.15) is 5.10 Å². The van der Waals surface area contributed by atoms with Crippen LogP contribution in [0.1, 0.15) is 5.56 Å². The van der Waals surface area contributed by atoms with Crippen molar-refractivity contribution < 1.29 is 14.3 Å². The number of nitrogens with one attached hydrogen (secondary N) is 1. The first kappa shape index (κ1) is 19.3. The van der Waals surface area contributed by atoms with Crippen molar-refractivity contribution in [1.29, 1.82) is 0 Å². The number of amides is 1. The number of aromatic nitrogens is 3. The number of carbonyl (C=O) groups is 1. The van der Waals surface area contributed by atoms with Gasteiger partial charge in [-0.1, -0.05) is 35.5 Å². The zero-order chi connectivity index (χ0) is 20.2. The molecule has 4 rings (SSSR count). The molecule has 0 aliphatic carbocycles. The van der Waals surface area contributed by atoms with E-state index in [0.717, 1.165) is 11.1 Å². The van der Waals surface area contributed by atoms with Crippen LogP contribution in [0.15, 0.2) is 52.7 Å². The lowest BCUT2D eigenvalue weighted by Crippen LogP contribution is -2.19. The third kappa shape index (κ3) is 4.52. The van der Waals surface area contributed by atoms with E-state index in [-0.39, 0.29) is 18.5 Å². The standard InChI is InChI=1S/C19H16ClN5O3S/c1-25-18(13-3-2-4-14(20)8-13)23-24-19(25)29-10-17(26)22-21-9-12-5-6-15-16(7-12)28-11-27-15/h2-9H,10-11H2,1H3,(H,22,26)/b21-9+. The fraction of sp³-hybridized carbons (Fsp3) is 0.158. The smallest absolute Gasteiger partial charge is 0.250 e. The minimum absolute atomic E-state index is 0.153. The third-order valence-corrected chi connectivity index (χ3v) is 5.30. The molecule has 3 aromatic rings. The summed E-state index contributed by atoms with van der Waals surface area (Å²) in [4.78, 5) is 12.1. The van der Waals surface area contributed by atoms with Gasteiger partial charge in [0, 0.05) is 17.6 Å². The molecule has 10 heteroatoms. The number of hydrazone groups is 1. The molecule has 2 aromatic carbocycles. The van der Waals surface area contributed by atoms with Gasteiger partial charge >= 0.3 is 0 Å². The summed E-state index contributed by atoms with van der Waals surface area (Å²) in [6.07, 6.45) is 1.55. The SMILES string of the molecule is Cn1c(SCC(=O)N/N=C/c2ccc3c(c2)OCO3)nnc1-c1cccc(Cl)c1. The van der Waals surface area contributed by atoms with E-state index in [9.17, 15) is 4.79 Å². The van der Waals surface area contributed by atoms with Crippen molar-refractivity contribution >= 4 is 35.5 Å². The maximum absolute atomic E-state index is 12.1. The molecule has 148 valence electrons. The van der Waals surface area contributed by atoms with Crippen LogP contribution in [0.25, 0.3) is 11.4 Å². The first-order valence-electron chi connectivity index (χ1n) is 8.60. The zero-order valence-electron chi connectivity index (χ0n) is 15.3. The molecule has 0 spiro atoms. The topological polar surface area (TPSA) is 90.6 Å². The molecule has 1 N–H and O–H groups in total. The van der Waals surface area contributed by atoms with Crippen molar-refractivity contribution in [2.24, 2.45) is 12.1 Å². The van der Waals surface area contributed by atoms with Crippen molar-refractivity contribution in [2.75, 3.05) is 12.5 Å². The van der Waals surface area contributed by atoms with Crippen molar-refractivity contribution in [1.82, 2.24) is 20.2 Å². The van der Waals surface area contributed by atoms with Crippen LogP contribution in [0.3, 0.4) is 0 Å². The monoisotopic (exact) mass is 429 g/mol. The van der Waals surface area contributed by atoms with Crippen LogP contribution in [-0.4, -0.2) is 39.4 Å². The first-order valence-corrected chi connectivity index (χ1v) is 9.96. The van der Waals surface area contributed by atoms with E-state index < -0.39 is 0 Å². The van der Waals surface area contributed by atoms with E-state index in [1.165, 1.54) is 11.8 Å². The van der Waals surface area contributed by atoms with E-state index in [4.69, 9.17) is 21.1 Å². The Morgan fingerprint density at radius 2 is 2.14 bits per heavy atom. The fourth-order valence-corrected chi connectivity index (χ4v) is 3.55. The Balaban J connectivity index is 1.32. The highest BCUT2D eigenvalue weighted by Gasteiger charge is 2.14. The van der Waals surface area contributed by atoms with E-state index >= 15 is 0 Å². The second-order valence-corrected chi connectivity index (χ2v) is 7.45. The second kappa shape index (κ2) is 8.54. The number of nitrogens with zero attached hydrogens (tertiary/aromatic N) is 4. The van der Waals surface area contributed by atoms with Gasteiger partial charge in [0.2, 0.25) is 6.79 Å². The Bertz CT molecular complexity index is 1090. The summed E-state index contributed by atoms with van der Waals surface area (Å²) in [6.45, 7) is 0.213. The summed E-state index contributed by atoms with van der Waals surface area (Å²) in [5.74, 6) is 1.94. The van der Waals surface area contributed by atoms with Gasteiger partial charge in [-0.3, -0.25) is 4.79 Å². The molecule has 0 unspecified atom stereocenters. The number of halogens is 1. The summed E-state index contributed by atoms with van der Waals surface area (Å²) in [6, 6.07) is 12.8. The number of hydrogen-bond donors (Lipinski definition) is 1. The lowest BCUT2D eigenvalue weighted by Gasteiger charge is -2.04. The summed E-state index contributed by atoms with van der Waals surface area (Å²) >= 11 is 7.31. The van der Waals surface area contributed by atoms with E-state index in [1.54, 1.807) is 24.4 Å². The third-order valence-electron chi connectivity index (χ3n) is 4.05. The quantitative estimate of drug-likeness (QED) is 0.368. The number of rotatable bonds is 6. The maximum Gasteiger partial charge on any atom is 0.250 e. The Morgan fingerprint density at radius 1 is 1.28 bits per heavy atom. The first-order chi connectivity index (χ1) is 14.1. The normalized spacial score (nSPS) is 12.5. The van der Waals surface area contributed by atoms with E-state index in [1.807, 2.05) is 35.9 Å². The molecule has 0 fully saturated rings.